The minimum atomic E-state index is 0.0540. The average Bonchev–Trinajstić information content (AvgIpc) is 3.29. The Morgan fingerprint density at radius 3 is 3.00 bits per heavy atom. The van der Waals surface area contributed by atoms with Gasteiger partial charge in [-0.05, 0) is 32.2 Å². The minimum Gasteiger partial charge on any atom is -0.472 e. The van der Waals surface area contributed by atoms with Crippen molar-refractivity contribution in [2.75, 3.05) is 18.4 Å². The normalized spacial score (nSPS) is 20.4. The summed E-state index contributed by atoms with van der Waals surface area (Å²) in [6.45, 7) is 1.81. The number of piperidine rings is 1. The summed E-state index contributed by atoms with van der Waals surface area (Å²) in [6.07, 6.45) is 8.21. The number of halogens is 1. The number of aromatic nitrogens is 6. The third kappa shape index (κ3) is 3.08. The van der Waals surface area contributed by atoms with E-state index in [4.69, 9.17) is 16.3 Å². The average molecular weight is 375 g/mol. The molecule has 136 valence electrons. The third-order valence-corrected chi connectivity index (χ3v) is 4.92. The zero-order chi connectivity index (χ0) is 17.5. The van der Waals surface area contributed by atoms with Crippen LogP contribution in [-0.2, 0) is 0 Å². The van der Waals surface area contributed by atoms with Crippen LogP contribution in [0.25, 0.3) is 11.0 Å². The molecule has 0 bridgehead atoms. The summed E-state index contributed by atoms with van der Waals surface area (Å²) in [7, 11) is 0. The molecule has 26 heavy (non-hydrogen) atoms. The lowest BCUT2D eigenvalue weighted by atomic mass is 10.1. The van der Waals surface area contributed by atoms with Crippen molar-refractivity contribution in [2.45, 2.75) is 37.8 Å². The van der Waals surface area contributed by atoms with E-state index in [-0.39, 0.29) is 6.10 Å². The van der Waals surface area contributed by atoms with Crippen LogP contribution < -0.4 is 15.4 Å². The van der Waals surface area contributed by atoms with Crippen LogP contribution in [0.2, 0.25) is 5.15 Å². The van der Waals surface area contributed by atoms with Gasteiger partial charge >= 0.3 is 0 Å². The molecule has 0 spiro atoms. The van der Waals surface area contributed by atoms with Crippen LogP contribution in [0.4, 0.5) is 11.6 Å². The SMILES string of the molecule is Clc1[nH]nc2nc(Nc3cnn(C4CC4)c3)nc(OC3CCCNC3)c12. The summed E-state index contributed by atoms with van der Waals surface area (Å²) in [5, 5.41) is 18.8. The topological polar surface area (TPSA) is 106 Å². The molecule has 5 rings (SSSR count). The molecular formula is C16H19ClN8O. The Balaban J connectivity index is 1.44. The van der Waals surface area contributed by atoms with E-state index in [0.29, 0.717) is 34.1 Å². The molecule has 1 unspecified atom stereocenters. The van der Waals surface area contributed by atoms with E-state index in [2.05, 4.69) is 35.9 Å². The number of fused-ring (bicyclic) bond motifs is 1. The number of hydrogen-bond donors (Lipinski definition) is 3. The van der Waals surface area contributed by atoms with Crippen molar-refractivity contribution in [1.82, 2.24) is 35.3 Å². The molecule has 3 aromatic rings. The van der Waals surface area contributed by atoms with Crippen LogP contribution in [0.1, 0.15) is 31.7 Å². The first kappa shape index (κ1) is 15.8. The van der Waals surface area contributed by atoms with Crippen molar-refractivity contribution in [3.63, 3.8) is 0 Å². The maximum Gasteiger partial charge on any atom is 0.232 e. The third-order valence-electron chi connectivity index (χ3n) is 4.64. The fourth-order valence-electron chi connectivity index (χ4n) is 3.15. The number of nitrogens with one attached hydrogen (secondary N) is 3. The highest BCUT2D eigenvalue weighted by molar-refractivity contribution is 6.34. The second-order valence-electron chi connectivity index (χ2n) is 6.74. The molecule has 3 N–H and O–H groups in total. The summed E-state index contributed by atoms with van der Waals surface area (Å²) >= 11 is 6.23. The number of ether oxygens (including phenoxy) is 1. The van der Waals surface area contributed by atoms with Crippen LogP contribution in [0.3, 0.4) is 0 Å². The van der Waals surface area contributed by atoms with Crippen molar-refractivity contribution in [3.05, 3.63) is 17.5 Å². The van der Waals surface area contributed by atoms with Crippen molar-refractivity contribution in [1.29, 1.82) is 0 Å². The monoisotopic (exact) mass is 374 g/mol. The molecule has 0 radical (unpaired) electrons. The van der Waals surface area contributed by atoms with Gasteiger partial charge in [-0.2, -0.15) is 20.2 Å². The zero-order valence-electron chi connectivity index (χ0n) is 14.1. The predicted octanol–water partition coefficient (Wildman–Crippen LogP) is 2.41. The second-order valence-corrected chi connectivity index (χ2v) is 7.12. The van der Waals surface area contributed by atoms with Gasteiger partial charge in [-0.25, -0.2) is 0 Å². The van der Waals surface area contributed by atoms with Gasteiger partial charge in [0.05, 0.1) is 17.9 Å². The molecular weight excluding hydrogens is 356 g/mol. The fourth-order valence-corrected chi connectivity index (χ4v) is 3.36. The van der Waals surface area contributed by atoms with Crippen LogP contribution in [-0.4, -0.2) is 49.1 Å². The molecule has 0 amide bonds. The van der Waals surface area contributed by atoms with Gasteiger partial charge < -0.3 is 15.4 Å². The quantitative estimate of drug-likeness (QED) is 0.629. The lowest BCUT2D eigenvalue weighted by molar-refractivity contribution is 0.163. The highest BCUT2D eigenvalue weighted by Crippen LogP contribution is 2.35. The molecule has 1 saturated carbocycles. The number of nitrogens with zero attached hydrogens (tertiary/aromatic N) is 5. The number of aromatic amines is 1. The summed E-state index contributed by atoms with van der Waals surface area (Å²) in [5.74, 6) is 0.856. The summed E-state index contributed by atoms with van der Waals surface area (Å²) in [4.78, 5) is 8.97. The van der Waals surface area contributed by atoms with Gasteiger partial charge in [0, 0.05) is 12.7 Å². The van der Waals surface area contributed by atoms with E-state index in [1.807, 2.05) is 10.9 Å². The molecule has 9 nitrogen and oxygen atoms in total. The Hall–Kier alpha value is -2.39. The maximum absolute atomic E-state index is 6.23. The van der Waals surface area contributed by atoms with E-state index in [9.17, 15) is 0 Å². The zero-order valence-corrected chi connectivity index (χ0v) is 14.8. The molecule has 1 atom stereocenters. The highest BCUT2D eigenvalue weighted by atomic mass is 35.5. The number of rotatable bonds is 5. The van der Waals surface area contributed by atoms with E-state index >= 15 is 0 Å². The Bertz CT molecular complexity index is 928. The molecule has 1 aliphatic carbocycles. The van der Waals surface area contributed by atoms with Gasteiger partial charge in [0.2, 0.25) is 11.8 Å². The highest BCUT2D eigenvalue weighted by Gasteiger charge is 2.25. The Morgan fingerprint density at radius 2 is 2.19 bits per heavy atom. The Labute approximate surface area is 154 Å². The molecule has 4 heterocycles. The Kier molecular flexibility index (Phi) is 3.90. The van der Waals surface area contributed by atoms with E-state index in [0.717, 1.165) is 31.6 Å². The van der Waals surface area contributed by atoms with Crippen molar-refractivity contribution in [3.8, 4) is 5.88 Å². The van der Waals surface area contributed by atoms with Gasteiger partial charge in [0.25, 0.3) is 0 Å². The second kappa shape index (κ2) is 6.40. The number of H-pyrrole nitrogens is 1. The van der Waals surface area contributed by atoms with Gasteiger partial charge in [-0.3, -0.25) is 9.78 Å². The van der Waals surface area contributed by atoms with Crippen molar-refractivity contribution < 1.29 is 4.74 Å². The summed E-state index contributed by atoms with van der Waals surface area (Å²) in [5.41, 5.74) is 1.31. The number of hydrogen-bond acceptors (Lipinski definition) is 7. The predicted molar refractivity (Wildman–Crippen MR) is 97.0 cm³/mol. The first-order chi connectivity index (χ1) is 12.8. The van der Waals surface area contributed by atoms with Gasteiger partial charge in [-0.15, -0.1) is 0 Å². The fraction of sp³-hybridized carbons (Fsp3) is 0.500. The van der Waals surface area contributed by atoms with Crippen LogP contribution in [0, 0.1) is 0 Å². The molecule has 2 aliphatic rings. The van der Waals surface area contributed by atoms with Crippen LogP contribution in [0.15, 0.2) is 12.4 Å². The molecule has 0 aromatic carbocycles. The molecule has 3 aromatic heterocycles. The standard InChI is InChI=1S/C16H19ClN8O/c17-13-12-14(24-23-13)21-16(20-9-6-19-25(8-9)10-3-4-10)22-15(12)26-11-2-1-5-18-7-11/h6,8,10-11,18H,1-5,7H2,(H2,20,21,22,23,24). The van der Waals surface area contributed by atoms with E-state index in [1.165, 1.54) is 12.8 Å². The van der Waals surface area contributed by atoms with Crippen LogP contribution >= 0.6 is 11.6 Å². The van der Waals surface area contributed by atoms with E-state index in [1.54, 1.807) is 6.20 Å². The van der Waals surface area contributed by atoms with E-state index < -0.39 is 0 Å². The molecule has 1 aliphatic heterocycles. The minimum absolute atomic E-state index is 0.0540. The smallest absolute Gasteiger partial charge is 0.232 e. The van der Waals surface area contributed by atoms with Crippen molar-refractivity contribution in [2.24, 2.45) is 0 Å². The Morgan fingerprint density at radius 1 is 1.27 bits per heavy atom. The van der Waals surface area contributed by atoms with Gasteiger partial charge in [0.15, 0.2) is 5.65 Å². The van der Waals surface area contributed by atoms with Gasteiger partial charge in [0.1, 0.15) is 16.6 Å². The van der Waals surface area contributed by atoms with Crippen molar-refractivity contribution >= 4 is 34.3 Å². The molecule has 10 heteroatoms. The first-order valence-electron chi connectivity index (χ1n) is 8.86. The maximum atomic E-state index is 6.23. The molecule has 1 saturated heterocycles. The number of anilines is 2. The van der Waals surface area contributed by atoms with Gasteiger partial charge in [-0.1, -0.05) is 11.6 Å². The molecule has 2 fully saturated rings. The summed E-state index contributed by atoms with van der Waals surface area (Å²) in [6, 6.07) is 0.525. The van der Waals surface area contributed by atoms with Crippen LogP contribution in [0.5, 0.6) is 5.88 Å². The lowest BCUT2D eigenvalue weighted by Crippen LogP contribution is -2.37. The largest absolute Gasteiger partial charge is 0.472 e. The lowest BCUT2D eigenvalue weighted by Gasteiger charge is -2.23. The first-order valence-corrected chi connectivity index (χ1v) is 9.24. The summed E-state index contributed by atoms with van der Waals surface area (Å²) < 4.78 is 8.09.